The van der Waals surface area contributed by atoms with E-state index in [1.807, 2.05) is 23.7 Å². The summed E-state index contributed by atoms with van der Waals surface area (Å²) >= 11 is 0. The van der Waals surface area contributed by atoms with E-state index in [9.17, 15) is 0 Å². The Morgan fingerprint density at radius 3 is 2.67 bits per heavy atom. The van der Waals surface area contributed by atoms with Gasteiger partial charge in [-0.25, -0.2) is 9.67 Å². The largest absolute Gasteiger partial charge is 0.481 e. The van der Waals surface area contributed by atoms with E-state index < -0.39 is 0 Å². The molecule has 21 heavy (non-hydrogen) atoms. The highest BCUT2D eigenvalue weighted by molar-refractivity contribution is 5.63. The second kappa shape index (κ2) is 5.40. The molecule has 2 aromatic heterocycles. The topological polar surface area (TPSA) is 39.9 Å². The van der Waals surface area contributed by atoms with Crippen molar-refractivity contribution in [3.8, 4) is 22.8 Å². The predicted molar refractivity (Wildman–Crippen MR) is 82.8 cm³/mol. The second-order valence-electron chi connectivity index (χ2n) is 5.01. The first-order chi connectivity index (χ1) is 10.2. The summed E-state index contributed by atoms with van der Waals surface area (Å²) in [5.74, 6) is 0.579. The molecule has 0 aliphatic rings. The minimum Gasteiger partial charge on any atom is -0.481 e. The van der Waals surface area contributed by atoms with Gasteiger partial charge in [-0.15, -0.1) is 0 Å². The van der Waals surface area contributed by atoms with Crippen LogP contribution in [0.1, 0.15) is 11.3 Å². The number of ether oxygens (including phenoxy) is 1. The molecule has 0 unspecified atom stereocenters. The standard InChI is InChI=1S/C17H17N3O/c1-12-5-4-6-14(9-12)16-10-13(2)19-20(16)15-7-8-18-17(11-15)21-3/h4-11H,1-3H3. The number of pyridine rings is 1. The van der Waals surface area contributed by atoms with Gasteiger partial charge in [0.1, 0.15) is 0 Å². The normalized spacial score (nSPS) is 10.6. The van der Waals surface area contributed by atoms with Crippen molar-refractivity contribution in [2.75, 3.05) is 7.11 Å². The predicted octanol–water partition coefficient (Wildman–Crippen LogP) is 3.56. The first kappa shape index (κ1) is 13.4. The molecule has 4 heteroatoms. The van der Waals surface area contributed by atoms with Crippen LogP contribution in [-0.4, -0.2) is 21.9 Å². The van der Waals surface area contributed by atoms with Crippen molar-refractivity contribution in [2.24, 2.45) is 0 Å². The van der Waals surface area contributed by atoms with E-state index in [1.54, 1.807) is 13.3 Å². The highest BCUT2D eigenvalue weighted by Gasteiger charge is 2.11. The first-order valence-electron chi connectivity index (χ1n) is 6.81. The summed E-state index contributed by atoms with van der Waals surface area (Å²) in [4.78, 5) is 4.14. The van der Waals surface area contributed by atoms with Gasteiger partial charge < -0.3 is 4.74 Å². The third-order valence-electron chi connectivity index (χ3n) is 3.32. The molecule has 3 rings (SSSR count). The van der Waals surface area contributed by atoms with Crippen molar-refractivity contribution >= 4 is 0 Å². The van der Waals surface area contributed by atoms with Crippen LogP contribution in [0.25, 0.3) is 16.9 Å². The summed E-state index contributed by atoms with van der Waals surface area (Å²) in [6.45, 7) is 4.08. The molecule has 4 nitrogen and oxygen atoms in total. The molecule has 0 spiro atoms. The van der Waals surface area contributed by atoms with Crippen LogP contribution in [-0.2, 0) is 0 Å². The number of aromatic nitrogens is 3. The zero-order chi connectivity index (χ0) is 14.8. The average molecular weight is 279 g/mol. The quantitative estimate of drug-likeness (QED) is 0.736. The Kier molecular flexibility index (Phi) is 3.44. The molecule has 0 aliphatic heterocycles. The van der Waals surface area contributed by atoms with Gasteiger partial charge >= 0.3 is 0 Å². The minimum absolute atomic E-state index is 0.579. The monoisotopic (exact) mass is 279 g/mol. The van der Waals surface area contributed by atoms with E-state index in [2.05, 4.69) is 47.3 Å². The van der Waals surface area contributed by atoms with Crippen molar-refractivity contribution in [2.45, 2.75) is 13.8 Å². The van der Waals surface area contributed by atoms with Gasteiger partial charge in [0.2, 0.25) is 5.88 Å². The maximum atomic E-state index is 5.20. The molecule has 0 N–H and O–H groups in total. The van der Waals surface area contributed by atoms with E-state index in [4.69, 9.17) is 4.74 Å². The van der Waals surface area contributed by atoms with Gasteiger partial charge in [0.25, 0.3) is 0 Å². The Bertz CT molecular complexity index is 777. The van der Waals surface area contributed by atoms with Crippen LogP contribution in [0.5, 0.6) is 5.88 Å². The molecule has 1 aromatic carbocycles. The minimum atomic E-state index is 0.579. The lowest BCUT2D eigenvalue weighted by Crippen LogP contribution is -2.00. The summed E-state index contributed by atoms with van der Waals surface area (Å²) < 4.78 is 7.12. The van der Waals surface area contributed by atoms with Crippen molar-refractivity contribution in [1.29, 1.82) is 0 Å². The highest BCUT2D eigenvalue weighted by Crippen LogP contribution is 2.25. The molecular formula is C17H17N3O. The molecule has 0 amide bonds. The molecule has 0 aliphatic carbocycles. The average Bonchev–Trinajstić information content (AvgIpc) is 2.89. The Balaban J connectivity index is 2.15. The number of benzene rings is 1. The molecule has 0 saturated heterocycles. The molecule has 0 bridgehead atoms. The van der Waals surface area contributed by atoms with Crippen LogP contribution in [0.3, 0.4) is 0 Å². The van der Waals surface area contributed by atoms with Crippen molar-refractivity contribution in [3.05, 3.63) is 59.9 Å². The zero-order valence-corrected chi connectivity index (χ0v) is 12.4. The molecule has 106 valence electrons. The van der Waals surface area contributed by atoms with Crippen LogP contribution >= 0.6 is 0 Å². The van der Waals surface area contributed by atoms with Crippen LogP contribution in [0.2, 0.25) is 0 Å². The van der Waals surface area contributed by atoms with Gasteiger partial charge in [-0.05, 0) is 32.0 Å². The van der Waals surface area contributed by atoms with Crippen LogP contribution in [0.4, 0.5) is 0 Å². The Morgan fingerprint density at radius 2 is 1.90 bits per heavy atom. The van der Waals surface area contributed by atoms with E-state index in [0.29, 0.717) is 5.88 Å². The molecule has 3 aromatic rings. The van der Waals surface area contributed by atoms with E-state index in [-0.39, 0.29) is 0 Å². The zero-order valence-electron chi connectivity index (χ0n) is 12.4. The maximum absolute atomic E-state index is 5.20. The fourth-order valence-electron chi connectivity index (χ4n) is 2.35. The highest BCUT2D eigenvalue weighted by atomic mass is 16.5. The molecular weight excluding hydrogens is 262 g/mol. The van der Waals surface area contributed by atoms with Crippen molar-refractivity contribution < 1.29 is 4.74 Å². The summed E-state index contributed by atoms with van der Waals surface area (Å²) in [5.41, 5.74) is 5.34. The summed E-state index contributed by atoms with van der Waals surface area (Å²) in [5, 5.41) is 4.60. The fraction of sp³-hybridized carbons (Fsp3) is 0.176. The first-order valence-corrected chi connectivity index (χ1v) is 6.81. The SMILES string of the molecule is COc1cc(-n2nc(C)cc2-c2cccc(C)c2)ccn1. The third kappa shape index (κ3) is 2.65. The number of hydrogen-bond acceptors (Lipinski definition) is 3. The van der Waals surface area contributed by atoms with Crippen molar-refractivity contribution in [3.63, 3.8) is 0 Å². The van der Waals surface area contributed by atoms with E-state index in [0.717, 1.165) is 22.6 Å². The summed E-state index contributed by atoms with van der Waals surface area (Å²) in [6.07, 6.45) is 1.73. The van der Waals surface area contributed by atoms with Gasteiger partial charge in [-0.1, -0.05) is 23.8 Å². The molecule has 0 fully saturated rings. The van der Waals surface area contributed by atoms with Gasteiger partial charge in [-0.3, -0.25) is 0 Å². The van der Waals surface area contributed by atoms with Crippen LogP contribution in [0, 0.1) is 13.8 Å². The van der Waals surface area contributed by atoms with E-state index >= 15 is 0 Å². The molecule has 0 radical (unpaired) electrons. The lowest BCUT2D eigenvalue weighted by Gasteiger charge is -2.09. The van der Waals surface area contributed by atoms with Gasteiger partial charge in [0.15, 0.2) is 0 Å². The number of rotatable bonds is 3. The van der Waals surface area contributed by atoms with E-state index in [1.165, 1.54) is 5.56 Å². The maximum Gasteiger partial charge on any atom is 0.215 e. The Morgan fingerprint density at radius 1 is 1.05 bits per heavy atom. The number of nitrogens with zero attached hydrogens (tertiary/aromatic N) is 3. The smallest absolute Gasteiger partial charge is 0.215 e. The number of methoxy groups -OCH3 is 1. The van der Waals surface area contributed by atoms with Crippen LogP contribution in [0.15, 0.2) is 48.7 Å². The van der Waals surface area contributed by atoms with Gasteiger partial charge in [0, 0.05) is 17.8 Å². The molecule has 0 saturated carbocycles. The van der Waals surface area contributed by atoms with Gasteiger partial charge in [0.05, 0.1) is 24.2 Å². The third-order valence-corrected chi connectivity index (χ3v) is 3.32. The van der Waals surface area contributed by atoms with Crippen molar-refractivity contribution in [1.82, 2.24) is 14.8 Å². The lowest BCUT2D eigenvalue weighted by molar-refractivity contribution is 0.397. The van der Waals surface area contributed by atoms with Gasteiger partial charge in [-0.2, -0.15) is 5.10 Å². The Hall–Kier alpha value is -2.62. The molecule has 0 atom stereocenters. The number of hydrogen-bond donors (Lipinski definition) is 0. The Labute approximate surface area is 124 Å². The lowest BCUT2D eigenvalue weighted by atomic mass is 10.1. The second-order valence-corrected chi connectivity index (χ2v) is 5.01. The molecule has 2 heterocycles. The number of aryl methyl sites for hydroxylation is 2. The fourth-order valence-corrected chi connectivity index (χ4v) is 2.35. The summed E-state index contributed by atoms with van der Waals surface area (Å²) in [6, 6.07) is 14.3. The van der Waals surface area contributed by atoms with Crippen LogP contribution < -0.4 is 4.74 Å². The summed E-state index contributed by atoms with van der Waals surface area (Å²) in [7, 11) is 1.61.